The van der Waals surface area contributed by atoms with Crippen molar-refractivity contribution >= 4 is 5.97 Å². The second-order valence-electron chi connectivity index (χ2n) is 6.11. The SMILES string of the molecule is C[C@@H]1O[C@@H](O)[C@@H](OCc2ccccc2)C[C@@H]1OC(=O)c1ccccc1. The van der Waals surface area contributed by atoms with Crippen LogP contribution in [0.25, 0.3) is 0 Å². The lowest BCUT2D eigenvalue weighted by Gasteiger charge is -2.37. The topological polar surface area (TPSA) is 65.0 Å². The number of aliphatic hydroxyl groups is 1. The van der Waals surface area contributed by atoms with Crippen LogP contribution in [0.4, 0.5) is 0 Å². The van der Waals surface area contributed by atoms with Gasteiger partial charge in [-0.15, -0.1) is 0 Å². The van der Waals surface area contributed by atoms with Crippen LogP contribution >= 0.6 is 0 Å². The average molecular weight is 342 g/mol. The fourth-order valence-electron chi connectivity index (χ4n) is 2.78. The molecule has 0 aromatic heterocycles. The molecule has 0 aliphatic carbocycles. The molecule has 25 heavy (non-hydrogen) atoms. The molecule has 0 spiro atoms. The van der Waals surface area contributed by atoms with E-state index in [4.69, 9.17) is 14.2 Å². The first-order valence-electron chi connectivity index (χ1n) is 8.38. The van der Waals surface area contributed by atoms with Gasteiger partial charge in [0.05, 0.1) is 18.3 Å². The molecule has 1 fully saturated rings. The van der Waals surface area contributed by atoms with Gasteiger partial charge in [0.15, 0.2) is 6.29 Å². The molecule has 0 saturated carbocycles. The molecule has 0 amide bonds. The van der Waals surface area contributed by atoms with Gasteiger partial charge in [-0.2, -0.15) is 0 Å². The van der Waals surface area contributed by atoms with E-state index in [9.17, 15) is 9.90 Å². The largest absolute Gasteiger partial charge is 0.456 e. The van der Waals surface area contributed by atoms with Crippen LogP contribution in [-0.4, -0.2) is 35.7 Å². The predicted octanol–water partition coefficient (Wildman–Crippen LogP) is 2.92. The summed E-state index contributed by atoms with van der Waals surface area (Å²) in [5, 5.41) is 10.1. The third-order valence-corrected chi connectivity index (χ3v) is 4.24. The van der Waals surface area contributed by atoms with E-state index in [1.807, 2.05) is 36.4 Å². The maximum Gasteiger partial charge on any atom is 0.338 e. The van der Waals surface area contributed by atoms with Crippen molar-refractivity contribution in [2.45, 2.75) is 44.6 Å². The fraction of sp³-hybridized carbons (Fsp3) is 0.350. The Balaban J connectivity index is 1.59. The smallest absolute Gasteiger partial charge is 0.338 e. The Morgan fingerprint density at radius 3 is 2.40 bits per heavy atom. The third kappa shape index (κ3) is 4.66. The van der Waals surface area contributed by atoms with Gasteiger partial charge in [-0.25, -0.2) is 4.79 Å². The summed E-state index contributed by atoms with van der Waals surface area (Å²) in [7, 11) is 0. The quantitative estimate of drug-likeness (QED) is 0.847. The molecule has 132 valence electrons. The van der Waals surface area contributed by atoms with E-state index in [-0.39, 0.29) is 0 Å². The molecule has 3 rings (SSSR count). The standard InChI is InChI=1S/C20H22O5/c1-14-17(25-19(21)16-10-6-3-7-11-16)12-18(20(22)24-14)23-13-15-8-4-2-5-9-15/h2-11,14,17-18,20,22H,12-13H2,1H3/t14-,17-,18-,20+/m0/s1. The van der Waals surface area contributed by atoms with Crippen molar-refractivity contribution in [3.63, 3.8) is 0 Å². The molecule has 2 aromatic rings. The summed E-state index contributed by atoms with van der Waals surface area (Å²) in [4.78, 5) is 12.2. The number of carbonyl (C=O) groups excluding carboxylic acids is 1. The van der Waals surface area contributed by atoms with E-state index >= 15 is 0 Å². The molecular formula is C20H22O5. The van der Waals surface area contributed by atoms with Crippen LogP contribution < -0.4 is 0 Å². The summed E-state index contributed by atoms with van der Waals surface area (Å²) in [5.41, 5.74) is 1.49. The number of ether oxygens (including phenoxy) is 3. The van der Waals surface area contributed by atoms with Crippen LogP contribution in [0.5, 0.6) is 0 Å². The molecule has 1 aliphatic rings. The number of carbonyl (C=O) groups is 1. The van der Waals surface area contributed by atoms with Crippen LogP contribution in [-0.2, 0) is 20.8 Å². The maximum absolute atomic E-state index is 12.2. The highest BCUT2D eigenvalue weighted by molar-refractivity contribution is 5.89. The van der Waals surface area contributed by atoms with Crippen molar-refractivity contribution in [3.8, 4) is 0 Å². The fourth-order valence-corrected chi connectivity index (χ4v) is 2.78. The minimum absolute atomic E-state index is 0.361. The number of esters is 1. The lowest BCUT2D eigenvalue weighted by molar-refractivity contribution is -0.253. The molecule has 1 N–H and O–H groups in total. The molecular weight excluding hydrogens is 320 g/mol. The Bertz CT molecular complexity index is 673. The molecule has 0 bridgehead atoms. The van der Waals surface area contributed by atoms with E-state index in [2.05, 4.69) is 0 Å². The minimum atomic E-state index is -1.04. The lowest BCUT2D eigenvalue weighted by atomic mass is 10.0. The summed E-state index contributed by atoms with van der Waals surface area (Å²) < 4.78 is 16.8. The molecule has 0 radical (unpaired) electrons. The van der Waals surface area contributed by atoms with Crippen molar-refractivity contribution in [3.05, 3.63) is 71.8 Å². The number of rotatable bonds is 5. The molecule has 4 atom stereocenters. The van der Waals surface area contributed by atoms with E-state index in [0.29, 0.717) is 18.6 Å². The summed E-state index contributed by atoms with van der Waals surface area (Å²) in [6.07, 6.45) is -2.08. The number of hydrogen-bond donors (Lipinski definition) is 1. The Labute approximate surface area is 147 Å². The van der Waals surface area contributed by atoms with Gasteiger partial charge in [0.25, 0.3) is 0 Å². The van der Waals surface area contributed by atoms with E-state index in [1.165, 1.54) is 0 Å². The third-order valence-electron chi connectivity index (χ3n) is 4.24. The van der Waals surface area contributed by atoms with Crippen LogP contribution in [0.3, 0.4) is 0 Å². The van der Waals surface area contributed by atoms with Gasteiger partial charge >= 0.3 is 5.97 Å². The van der Waals surface area contributed by atoms with Crippen LogP contribution in [0.1, 0.15) is 29.3 Å². The Hall–Kier alpha value is -2.21. The lowest BCUT2D eigenvalue weighted by Crippen LogP contribution is -2.48. The van der Waals surface area contributed by atoms with Gasteiger partial charge in [0, 0.05) is 6.42 Å². The number of benzene rings is 2. The zero-order chi connectivity index (χ0) is 17.6. The van der Waals surface area contributed by atoms with Gasteiger partial charge in [0.2, 0.25) is 0 Å². The second-order valence-corrected chi connectivity index (χ2v) is 6.11. The van der Waals surface area contributed by atoms with Crippen molar-refractivity contribution in [2.75, 3.05) is 0 Å². The molecule has 1 heterocycles. The first-order chi connectivity index (χ1) is 12.1. The monoisotopic (exact) mass is 342 g/mol. The average Bonchev–Trinajstić information content (AvgIpc) is 2.64. The minimum Gasteiger partial charge on any atom is -0.456 e. The molecule has 1 saturated heterocycles. The van der Waals surface area contributed by atoms with Crippen LogP contribution in [0.15, 0.2) is 60.7 Å². The highest BCUT2D eigenvalue weighted by atomic mass is 16.7. The van der Waals surface area contributed by atoms with E-state index < -0.39 is 30.6 Å². The number of aliphatic hydroxyl groups excluding tert-OH is 1. The molecule has 5 nitrogen and oxygen atoms in total. The molecule has 0 unspecified atom stereocenters. The Morgan fingerprint density at radius 1 is 1.08 bits per heavy atom. The summed E-state index contributed by atoms with van der Waals surface area (Å²) >= 11 is 0. The zero-order valence-corrected chi connectivity index (χ0v) is 14.1. The first kappa shape index (κ1) is 17.6. The Morgan fingerprint density at radius 2 is 1.72 bits per heavy atom. The normalized spacial score (nSPS) is 26.2. The predicted molar refractivity (Wildman–Crippen MR) is 91.8 cm³/mol. The molecule has 2 aromatic carbocycles. The zero-order valence-electron chi connectivity index (χ0n) is 14.1. The van der Waals surface area contributed by atoms with E-state index in [1.54, 1.807) is 31.2 Å². The van der Waals surface area contributed by atoms with Gasteiger partial charge in [0.1, 0.15) is 12.2 Å². The van der Waals surface area contributed by atoms with Crippen molar-refractivity contribution in [1.29, 1.82) is 0 Å². The van der Waals surface area contributed by atoms with Gasteiger partial charge in [-0.3, -0.25) is 0 Å². The van der Waals surface area contributed by atoms with E-state index in [0.717, 1.165) is 5.56 Å². The highest BCUT2D eigenvalue weighted by Crippen LogP contribution is 2.25. The van der Waals surface area contributed by atoms with Gasteiger partial charge in [-0.05, 0) is 24.6 Å². The van der Waals surface area contributed by atoms with Crippen molar-refractivity contribution < 1.29 is 24.1 Å². The second kappa shape index (κ2) is 8.25. The van der Waals surface area contributed by atoms with Crippen molar-refractivity contribution in [2.24, 2.45) is 0 Å². The number of hydrogen-bond acceptors (Lipinski definition) is 5. The van der Waals surface area contributed by atoms with Crippen molar-refractivity contribution in [1.82, 2.24) is 0 Å². The molecule has 5 heteroatoms. The van der Waals surface area contributed by atoms with Crippen LogP contribution in [0, 0.1) is 0 Å². The van der Waals surface area contributed by atoms with Crippen LogP contribution in [0.2, 0.25) is 0 Å². The first-order valence-corrected chi connectivity index (χ1v) is 8.38. The summed E-state index contributed by atoms with van der Waals surface area (Å²) in [6.45, 7) is 2.14. The molecule has 1 aliphatic heterocycles. The maximum atomic E-state index is 12.2. The summed E-state index contributed by atoms with van der Waals surface area (Å²) in [5.74, 6) is -0.403. The Kier molecular flexibility index (Phi) is 5.81. The van der Waals surface area contributed by atoms with Gasteiger partial charge < -0.3 is 19.3 Å². The summed E-state index contributed by atoms with van der Waals surface area (Å²) in [6, 6.07) is 18.5. The van der Waals surface area contributed by atoms with Gasteiger partial charge in [-0.1, -0.05) is 48.5 Å². The highest BCUT2D eigenvalue weighted by Gasteiger charge is 2.38.